The van der Waals surface area contributed by atoms with Crippen molar-refractivity contribution in [1.29, 1.82) is 0 Å². The van der Waals surface area contributed by atoms with E-state index in [9.17, 15) is 8.78 Å². The van der Waals surface area contributed by atoms with E-state index < -0.39 is 11.6 Å². The summed E-state index contributed by atoms with van der Waals surface area (Å²) < 4.78 is 32.1. The van der Waals surface area contributed by atoms with E-state index >= 15 is 0 Å². The Labute approximate surface area is 110 Å². The van der Waals surface area contributed by atoms with Crippen LogP contribution in [0.2, 0.25) is 0 Å². The zero-order valence-corrected chi connectivity index (χ0v) is 10.6. The molecular formula is C15H15F2NO. The van der Waals surface area contributed by atoms with Crippen molar-refractivity contribution in [2.45, 2.75) is 19.6 Å². The second-order valence-corrected chi connectivity index (χ2v) is 4.33. The minimum absolute atomic E-state index is 0.0344. The van der Waals surface area contributed by atoms with Crippen LogP contribution in [0.3, 0.4) is 0 Å². The molecular weight excluding hydrogens is 248 g/mol. The first-order valence-electron chi connectivity index (χ1n) is 6.00. The molecule has 0 saturated heterocycles. The minimum Gasteiger partial charge on any atom is -0.488 e. The molecule has 0 heterocycles. The summed E-state index contributed by atoms with van der Waals surface area (Å²) in [5.74, 6) is -1.16. The van der Waals surface area contributed by atoms with Gasteiger partial charge in [-0.25, -0.2) is 8.78 Å². The molecule has 0 amide bonds. The van der Waals surface area contributed by atoms with Gasteiger partial charge in [-0.15, -0.1) is 0 Å². The Balaban J connectivity index is 2.17. The molecule has 0 radical (unpaired) electrons. The maximum absolute atomic E-state index is 13.5. The van der Waals surface area contributed by atoms with Crippen LogP contribution in [-0.4, -0.2) is 0 Å². The highest BCUT2D eigenvalue weighted by molar-refractivity contribution is 5.35. The Morgan fingerprint density at radius 3 is 2.58 bits per heavy atom. The van der Waals surface area contributed by atoms with E-state index in [4.69, 9.17) is 10.5 Å². The van der Waals surface area contributed by atoms with Crippen molar-refractivity contribution >= 4 is 0 Å². The maximum Gasteiger partial charge on any atom is 0.165 e. The first-order chi connectivity index (χ1) is 9.09. The van der Waals surface area contributed by atoms with Crippen molar-refractivity contribution in [2.24, 2.45) is 5.73 Å². The van der Waals surface area contributed by atoms with Crippen LogP contribution in [0.5, 0.6) is 5.75 Å². The van der Waals surface area contributed by atoms with E-state index in [-0.39, 0.29) is 18.2 Å². The zero-order chi connectivity index (χ0) is 13.8. The molecule has 0 saturated carbocycles. The summed E-state index contributed by atoms with van der Waals surface area (Å²) in [7, 11) is 0. The molecule has 1 atom stereocenters. The van der Waals surface area contributed by atoms with Gasteiger partial charge in [0.15, 0.2) is 11.6 Å². The fraction of sp³-hybridized carbons (Fsp3) is 0.200. The number of ether oxygens (including phenoxy) is 1. The Hall–Kier alpha value is -1.94. The van der Waals surface area contributed by atoms with Gasteiger partial charge < -0.3 is 10.5 Å². The van der Waals surface area contributed by atoms with Crippen molar-refractivity contribution in [3.8, 4) is 5.75 Å². The van der Waals surface area contributed by atoms with Crippen LogP contribution >= 0.6 is 0 Å². The summed E-state index contributed by atoms with van der Waals surface area (Å²) in [6.45, 7) is 1.80. The van der Waals surface area contributed by atoms with E-state index in [1.165, 1.54) is 12.1 Å². The molecule has 2 aromatic rings. The lowest BCUT2D eigenvalue weighted by Crippen LogP contribution is -2.08. The third kappa shape index (κ3) is 3.09. The van der Waals surface area contributed by atoms with Gasteiger partial charge in [-0.1, -0.05) is 30.3 Å². The molecule has 0 aliphatic carbocycles. The molecule has 100 valence electrons. The monoisotopic (exact) mass is 263 g/mol. The van der Waals surface area contributed by atoms with E-state index in [0.717, 1.165) is 11.6 Å². The molecule has 0 aromatic heterocycles. The summed E-state index contributed by atoms with van der Waals surface area (Å²) in [5, 5.41) is 0. The summed E-state index contributed by atoms with van der Waals surface area (Å²) in [6.07, 6.45) is 0. The lowest BCUT2D eigenvalue weighted by Gasteiger charge is -2.14. The predicted octanol–water partition coefficient (Wildman–Crippen LogP) is 3.56. The smallest absolute Gasteiger partial charge is 0.165 e. The van der Waals surface area contributed by atoms with Crippen LogP contribution < -0.4 is 10.5 Å². The van der Waals surface area contributed by atoms with Crippen LogP contribution in [0.25, 0.3) is 0 Å². The fourth-order valence-electron chi connectivity index (χ4n) is 1.80. The standard InChI is InChI=1S/C15H15F2NO/c1-10(18)12-6-2-3-8-14(12)19-9-11-5-4-7-13(16)15(11)17/h2-8,10H,9,18H2,1H3/t10-/m1/s1. The highest BCUT2D eigenvalue weighted by atomic mass is 19.2. The number of para-hydroxylation sites is 1. The highest BCUT2D eigenvalue weighted by Crippen LogP contribution is 2.24. The van der Waals surface area contributed by atoms with Gasteiger partial charge in [0.1, 0.15) is 12.4 Å². The van der Waals surface area contributed by atoms with Crippen LogP contribution in [0, 0.1) is 11.6 Å². The minimum atomic E-state index is -0.874. The van der Waals surface area contributed by atoms with E-state index in [1.807, 2.05) is 25.1 Å². The van der Waals surface area contributed by atoms with Gasteiger partial charge in [0, 0.05) is 17.2 Å². The fourth-order valence-corrected chi connectivity index (χ4v) is 1.80. The second-order valence-electron chi connectivity index (χ2n) is 4.33. The third-order valence-corrected chi connectivity index (χ3v) is 2.82. The Bertz CT molecular complexity index is 570. The lowest BCUT2D eigenvalue weighted by atomic mass is 10.1. The molecule has 2 N–H and O–H groups in total. The zero-order valence-electron chi connectivity index (χ0n) is 10.6. The van der Waals surface area contributed by atoms with Crippen LogP contribution in [0.4, 0.5) is 8.78 Å². The first-order valence-corrected chi connectivity index (χ1v) is 6.00. The Kier molecular flexibility index (Phi) is 4.12. The topological polar surface area (TPSA) is 35.2 Å². The van der Waals surface area contributed by atoms with Crippen molar-refractivity contribution in [3.63, 3.8) is 0 Å². The van der Waals surface area contributed by atoms with Gasteiger partial charge in [0.05, 0.1) is 0 Å². The van der Waals surface area contributed by atoms with Crippen molar-refractivity contribution in [1.82, 2.24) is 0 Å². The average molecular weight is 263 g/mol. The number of hydrogen-bond donors (Lipinski definition) is 1. The first kappa shape index (κ1) is 13.5. The normalized spacial score (nSPS) is 12.2. The number of nitrogens with two attached hydrogens (primary N) is 1. The molecule has 2 nitrogen and oxygen atoms in total. The molecule has 4 heteroatoms. The molecule has 2 rings (SSSR count). The summed E-state index contributed by atoms with van der Waals surface area (Å²) in [4.78, 5) is 0. The summed E-state index contributed by atoms with van der Waals surface area (Å²) in [6, 6.07) is 11.1. The Morgan fingerprint density at radius 1 is 1.11 bits per heavy atom. The van der Waals surface area contributed by atoms with Crippen molar-refractivity contribution in [2.75, 3.05) is 0 Å². The van der Waals surface area contributed by atoms with Gasteiger partial charge in [-0.2, -0.15) is 0 Å². The average Bonchev–Trinajstić information content (AvgIpc) is 2.40. The molecule has 0 aliphatic heterocycles. The molecule has 0 unspecified atom stereocenters. The quantitative estimate of drug-likeness (QED) is 0.915. The largest absolute Gasteiger partial charge is 0.488 e. The number of rotatable bonds is 4. The summed E-state index contributed by atoms with van der Waals surface area (Å²) >= 11 is 0. The van der Waals surface area contributed by atoms with Gasteiger partial charge in [-0.3, -0.25) is 0 Å². The van der Waals surface area contributed by atoms with Gasteiger partial charge >= 0.3 is 0 Å². The number of halogens is 2. The van der Waals surface area contributed by atoms with Gasteiger partial charge in [0.2, 0.25) is 0 Å². The van der Waals surface area contributed by atoms with Gasteiger partial charge in [0.25, 0.3) is 0 Å². The second kappa shape index (κ2) is 5.80. The molecule has 0 fully saturated rings. The highest BCUT2D eigenvalue weighted by Gasteiger charge is 2.10. The van der Waals surface area contributed by atoms with Crippen LogP contribution in [0.1, 0.15) is 24.1 Å². The van der Waals surface area contributed by atoms with E-state index in [2.05, 4.69) is 0 Å². The van der Waals surface area contributed by atoms with Crippen molar-refractivity contribution < 1.29 is 13.5 Å². The molecule has 0 bridgehead atoms. The Morgan fingerprint density at radius 2 is 1.84 bits per heavy atom. The molecule has 2 aromatic carbocycles. The predicted molar refractivity (Wildman–Crippen MR) is 69.7 cm³/mol. The lowest BCUT2D eigenvalue weighted by molar-refractivity contribution is 0.293. The molecule has 19 heavy (non-hydrogen) atoms. The summed E-state index contributed by atoms with van der Waals surface area (Å²) in [5.41, 5.74) is 6.84. The maximum atomic E-state index is 13.5. The molecule has 0 spiro atoms. The van der Waals surface area contributed by atoms with Crippen LogP contribution in [-0.2, 0) is 6.61 Å². The van der Waals surface area contributed by atoms with Crippen LogP contribution in [0.15, 0.2) is 42.5 Å². The molecule has 0 aliphatic rings. The SMILES string of the molecule is C[C@@H](N)c1ccccc1OCc1cccc(F)c1F. The van der Waals surface area contributed by atoms with Gasteiger partial charge in [-0.05, 0) is 19.1 Å². The number of hydrogen-bond acceptors (Lipinski definition) is 2. The van der Waals surface area contributed by atoms with Crippen molar-refractivity contribution in [3.05, 3.63) is 65.2 Å². The third-order valence-electron chi connectivity index (χ3n) is 2.82. The van der Waals surface area contributed by atoms with E-state index in [1.54, 1.807) is 6.07 Å². The van der Waals surface area contributed by atoms with E-state index in [0.29, 0.717) is 5.75 Å². The number of benzene rings is 2.